The van der Waals surface area contributed by atoms with Crippen LogP contribution in [-0.4, -0.2) is 25.8 Å². The van der Waals surface area contributed by atoms with Gasteiger partial charge in [0, 0.05) is 30.3 Å². The monoisotopic (exact) mass is 373 g/mol. The first-order valence-corrected chi connectivity index (χ1v) is 9.28. The molecule has 1 amide bonds. The maximum Gasteiger partial charge on any atom is 0.258 e. The number of carbonyl (C=O) groups excluding carboxylic acids is 1. The van der Waals surface area contributed by atoms with Gasteiger partial charge in [0.05, 0.1) is 16.6 Å². The molecule has 0 atom stereocenters. The van der Waals surface area contributed by atoms with Crippen molar-refractivity contribution in [3.05, 3.63) is 59.4 Å². The van der Waals surface area contributed by atoms with Crippen molar-refractivity contribution in [2.45, 2.75) is 25.7 Å². The maximum absolute atomic E-state index is 13.1. The quantitative estimate of drug-likeness (QED) is 0.583. The fourth-order valence-corrected chi connectivity index (χ4v) is 3.49. The molecule has 1 aromatic carbocycles. The first kappa shape index (κ1) is 16.7. The molecule has 1 N–H and O–H groups in total. The molecule has 7 heteroatoms. The van der Waals surface area contributed by atoms with Gasteiger partial charge < -0.3 is 4.52 Å². The van der Waals surface area contributed by atoms with Gasteiger partial charge in [0.2, 0.25) is 5.88 Å². The molecule has 3 aromatic heterocycles. The largest absolute Gasteiger partial charge is 0.338 e. The molecule has 0 saturated heterocycles. The summed E-state index contributed by atoms with van der Waals surface area (Å²) >= 11 is 0. The normalized spacial score (nSPS) is 13.8. The molecule has 140 valence electrons. The Morgan fingerprint density at radius 1 is 1.21 bits per heavy atom. The van der Waals surface area contributed by atoms with E-state index < -0.39 is 0 Å². The topological polar surface area (TPSA) is 85.8 Å². The van der Waals surface area contributed by atoms with Crippen molar-refractivity contribution in [1.29, 1.82) is 0 Å². The Kier molecular flexibility index (Phi) is 3.75. The Bertz CT molecular complexity index is 1190. The lowest BCUT2D eigenvalue weighted by atomic mass is 10.1. The molecule has 4 aromatic rings. The molecular weight excluding hydrogens is 354 g/mol. The van der Waals surface area contributed by atoms with E-state index in [9.17, 15) is 4.79 Å². The summed E-state index contributed by atoms with van der Waals surface area (Å²) < 4.78 is 7.06. The van der Waals surface area contributed by atoms with Crippen LogP contribution in [0.3, 0.4) is 0 Å². The third kappa shape index (κ3) is 2.85. The van der Waals surface area contributed by atoms with Gasteiger partial charge in [-0.2, -0.15) is 5.10 Å². The fourth-order valence-electron chi connectivity index (χ4n) is 3.49. The second-order valence-electron chi connectivity index (χ2n) is 7.17. The molecule has 3 heterocycles. The average molecular weight is 373 g/mol. The molecule has 0 unspecified atom stereocenters. The molecule has 1 fully saturated rings. The zero-order chi connectivity index (χ0) is 19.3. The van der Waals surface area contributed by atoms with Crippen LogP contribution < -0.4 is 5.32 Å². The summed E-state index contributed by atoms with van der Waals surface area (Å²) in [6, 6.07) is 13.3. The lowest BCUT2D eigenvalue weighted by Crippen LogP contribution is -2.13. The first-order valence-electron chi connectivity index (χ1n) is 9.28. The predicted octanol–water partition coefficient (Wildman–Crippen LogP) is 4.06. The number of anilines is 1. The van der Waals surface area contributed by atoms with Crippen molar-refractivity contribution in [2.75, 3.05) is 5.32 Å². The molecular formula is C21H19N5O2. The van der Waals surface area contributed by atoms with Gasteiger partial charge >= 0.3 is 0 Å². The van der Waals surface area contributed by atoms with Crippen molar-refractivity contribution in [1.82, 2.24) is 19.9 Å². The third-order valence-electron chi connectivity index (χ3n) is 5.05. The van der Waals surface area contributed by atoms with E-state index in [0.717, 1.165) is 40.8 Å². The average Bonchev–Trinajstić information content (AvgIpc) is 3.39. The van der Waals surface area contributed by atoms with E-state index in [1.807, 2.05) is 50.4 Å². The van der Waals surface area contributed by atoms with Crippen LogP contribution in [0.1, 0.15) is 40.5 Å². The van der Waals surface area contributed by atoms with Crippen molar-refractivity contribution in [3.8, 4) is 11.3 Å². The summed E-state index contributed by atoms with van der Waals surface area (Å²) in [6.07, 6.45) is 2.22. The van der Waals surface area contributed by atoms with Crippen molar-refractivity contribution < 1.29 is 9.32 Å². The second kappa shape index (κ2) is 6.30. The number of benzene rings is 1. The van der Waals surface area contributed by atoms with E-state index in [4.69, 9.17) is 9.51 Å². The smallest absolute Gasteiger partial charge is 0.258 e. The molecule has 0 bridgehead atoms. The van der Waals surface area contributed by atoms with Gasteiger partial charge in [0.15, 0.2) is 5.65 Å². The number of rotatable bonds is 4. The summed E-state index contributed by atoms with van der Waals surface area (Å²) in [6.45, 7) is 1.89. The minimum atomic E-state index is -0.249. The number of fused-ring (bicyclic) bond motifs is 1. The number of pyridine rings is 1. The zero-order valence-electron chi connectivity index (χ0n) is 15.6. The Balaban J connectivity index is 1.50. The summed E-state index contributed by atoms with van der Waals surface area (Å²) in [4.78, 5) is 17.8. The Labute approximate surface area is 161 Å². The molecule has 0 radical (unpaired) electrons. The number of nitrogens with one attached hydrogen (secondary N) is 1. The zero-order valence-corrected chi connectivity index (χ0v) is 15.6. The van der Waals surface area contributed by atoms with Crippen LogP contribution in [0.5, 0.6) is 0 Å². The van der Waals surface area contributed by atoms with E-state index in [-0.39, 0.29) is 5.91 Å². The van der Waals surface area contributed by atoms with Gasteiger partial charge in [0.25, 0.3) is 5.91 Å². The van der Waals surface area contributed by atoms with Crippen LogP contribution in [0.15, 0.2) is 47.0 Å². The van der Waals surface area contributed by atoms with Crippen LogP contribution in [0.4, 0.5) is 5.88 Å². The Morgan fingerprint density at radius 2 is 2.00 bits per heavy atom. The fraction of sp³-hybridized carbons (Fsp3) is 0.238. The molecule has 0 aliphatic heterocycles. The van der Waals surface area contributed by atoms with Crippen molar-refractivity contribution in [3.63, 3.8) is 0 Å². The van der Waals surface area contributed by atoms with Crippen molar-refractivity contribution >= 4 is 22.8 Å². The van der Waals surface area contributed by atoms with Crippen LogP contribution >= 0.6 is 0 Å². The number of hydrogen-bond donors (Lipinski definition) is 1. The SMILES string of the molecule is Cc1nn(C)c2nc(C3CC3)cc(C(=O)Nc3cc(-c4ccccc4)no3)c12. The van der Waals surface area contributed by atoms with E-state index in [1.54, 1.807) is 10.7 Å². The van der Waals surface area contributed by atoms with Crippen LogP contribution in [0.25, 0.3) is 22.3 Å². The Morgan fingerprint density at radius 3 is 2.75 bits per heavy atom. The summed E-state index contributed by atoms with van der Waals surface area (Å²) in [5.41, 5.74) is 4.62. The minimum Gasteiger partial charge on any atom is -0.338 e. The summed E-state index contributed by atoms with van der Waals surface area (Å²) in [5, 5.41) is 12.1. The third-order valence-corrected chi connectivity index (χ3v) is 5.05. The van der Waals surface area contributed by atoms with Gasteiger partial charge in [0.1, 0.15) is 5.69 Å². The highest BCUT2D eigenvalue weighted by Crippen LogP contribution is 2.40. The molecule has 7 nitrogen and oxygen atoms in total. The van der Waals surface area contributed by atoms with Gasteiger partial charge in [-0.25, -0.2) is 4.98 Å². The Hall–Kier alpha value is -3.48. The summed E-state index contributed by atoms with van der Waals surface area (Å²) in [5.74, 6) is 0.491. The highest BCUT2D eigenvalue weighted by Gasteiger charge is 2.28. The van der Waals surface area contributed by atoms with E-state index in [2.05, 4.69) is 15.6 Å². The van der Waals surface area contributed by atoms with Crippen LogP contribution in [0, 0.1) is 6.92 Å². The van der Waals surface area contributed by atoms with Gasteiger partial charge in [-0.05, 0) is 25.8 Å². The van der Waals surface area contributed by atoms with Crippen LogP contribution in [-0.2, 0) is 7.05 Å². The molecule has 5 rings (SSSR count). The molecule has 1 saturated carbocycles. The second-order valence-corrected chi connectivity index (χ2v) is 7.17. The highest BCUT2D eigenvalue weighted by atomic mass is 16.5. The lowest BCUT2D eigenvalue weighted by molar-refractivity contribution is 0.102. The summed E-state index contributed by atoms with van der Waals surface area (Å²) in [7, 11) is 1.85. The van der Waals surface area contributed by atoms with Crippen LogP contribution in [0.2, 0.25) is 0 Å². The maximum atomic E-state index is 13.1. The molecule has 1 aliphatic rings. The standard InChI is InChI=1S/C21H19N5O2/c1-12-19-15(10-16(14-8-9-14)22-20(19)26(2)24-12)21(27)23-18-11-17(25-28-18)13-6-4-3-5-7-13/h3-7,10-11,14H,8-9H2,1-2H3,(H,23,27). The predicted molar refractivity (Wildman–Crippen MR) is 105 cm³/mol. The number of nitrogens with zero attached hydrogens (tertiary/aromatic N) is 4. The molecule has 0 spiro atoms. The molecule has 28 heavy (non-hydrogen) atoms. The number of amides is 1. The number of carbonyl (C=O) groups is 1. The van der Waals surface area contributed by atoms with Crippen molar-refractivity contribution in [2.24, 2.45) is 7.05 Å². The highest BCUT2D eigenvalue weighted by molar-refractivity contribution is 6.12. The van der Waals surface area contributed by atoms with E-state index in [0.29, 0.717) is 23.1 Å². The van der Waals surface area contributed by atoms with Gasteiger partial charge in [-0.3, -0.25) is 14.8 Å². The molecule has 1 aliphatic carbocycles. The number of aryl methyl sites for hydroxylation is 2. The van der Waals surface area contributed by atoms with Gasteiger partial charge in [-0.15, -0.1) is 0 Å². The van der Waals surface area contributed by atoms with Gasteiger partial charge in [-0.1, -0.05) is 35.5 Å². The number of aromatic nitrogens is 4. The lowest BCUT2D eigenvalue weighted by Gasteiger charge is -2.07. The van der Waals surface area contributed by atoms with E-state index >= 15 is 0 Å². The van der Waals surface area contributed by atoms with E-state index in [1.165, 1.54) is 0 Å². The minimum absolute atomic E-state index is 0.249. The first-order chi connectivity index (χ1) is 13.6. The number of hydrogen-bond acceptors (Lipinski definition) is 5.